The molecule has 2 nitrogen and oxygen atoms in total. The summed E-state index contributed by atoms with van der Waals surface area (Å²) in [5, 5.41) is -0.499. The largest absolute Gasteiger partial charge is 0.327 e. The Morgan fingerprint density at radius 3 is 1.80 bits per heavy atom. The molecule has 60 valence electrons. The Bertz CT molecular complexity index is 103. The zero-order valence-electron chi connectivity index (χ0n) is 5.32. The van der Waals surface area contributed by atoms with Crippen molar-refractivity contribution >= 4 is 40.2 Å². The normalized spacial score (nSPS) is 9.50. The molecule has 0 unspecified atom stereocenters. The molecule has 0 saturated heterocycles. The summed E-state index contributed by atoms with van der Waals surface area (Å²) in [5.74, 6) is 0.769. The Hall–Kier alpha value is 0.340. The molecule has 10 heavy (non-hydrogen) atoms. The molecule has 0 spiro atoms. The van der Waals surface area contributed by atoms with Crippen LogP contribution in [0.5, 0.6) is 0 Å². The van der Waals surface area contributed by atoms with Crippen molar-refractivity contribution < 1.29 is 4.79 Å². The van der Waals surface area contributed by atoms with Crippen LogP contribution in [0, 0.1) is 0 Å². The predicted octanol–water partition coefficient (Wildman–Crippen LogP) is 2.12. The first-order valence-electron chi connectivity index (χ1n) is 2.78. The summed E-state index contributed by atoms with van der Waals surface area (Å²) >= 11 is 15.9. The van der Waals surface area contributed by atoms with Gasteiger partial charge in [-0.2, -0.15) is 0 Å². The molecule has 0 aliphatic carbocycles. The van der Waals surface area contributed by atoms with E-state index in [2.05, 4.69) is 0 Å². The van der Waals surface area contributed by atoms with E-state index >= 15 is 0 Å². The van der Waals surface area contributed by atoms with Crippen molar-refractivity contribution in [3.8, 4) is 0 Å². The highest BCUT2D eigenvalue weighted by molar-refractivity contribution is 6.62. The van der Waals surface area contributed by atoms with E-state index in [1.54, 1.807) is 0 Å². The molecule has 0 saturated carbocycles. The summed E-state index contributed by atoms with van der Waals surface area (Å²) in [7, 11) is 0. The van der Waals surface area contributed by atoms with Gasteiger partial charge in [-0.15, -0.1) is 23.2 Å². The van der Waals surface area contributed by atoms with E-state index in [9.17, 15) is 4.79 Å². The van der Waals surface area contributed by atoms with Crippen LogP contribution in [-0.2, 0) is 0 Å². The highest BCUT2D eigenvalue weighted by Crippen LogP contribution is 1.97. The first-order chi connectivity index (χ1) is 4.72. The number of hydrogen-bond acceptors (Lipinski definition) is 1. The quantitative estimate of drug-likeness (QED) is 0.390. The Morgan fingerprint density at radius 2 is 1.60 bits per heavy atom. The topological polar surface area (TPSA) is 20.3 Å². The van der Waals surface area contributed by atoms with Crippen LogP contribution in [0.25, 0.3) is 0 Å². The van der Waals surface area contributed by atoms with Crippen molar-refractivity contribution in [1.82, 2.24) is 4.90 Å². The monoisotopic (exact) mass is 203 g/mol. The van der Waals surface area contributed by atoms with Crippen LogP contribution in [0.3, 0.4) is 0 Å². The molecular formula is C5H8Cl3NO. The lowest BCUT2D eigenvalue weighted by atomic mass is 10.6. The van der Waals surface area contributed by atoms with E-state index in [1.807, 2.05) is 0 Å². The number of carbonyl (C=O) groups excluding carboxylic acids is 1. The average Bonchev–Trinajstić information content (AvgIpc) is 1.87. The standard InChI is InChI=1S/C5H8Cl3NO/c6-1-3-9(4-2-7)5(8)10/h1-4H2. The molecule has 0 atom stereocenters. The van der Waals surface area contributed by atoms with E-state index in [-0.39, 0.29) is 0 Å². The Morgan fingerprint density at radius 1 is 1.20 bits per heavy atom. The van der Waals surface area contributed by atoms with Gasteiger partial charge in [-0.05, 0) is 11.6 Å². The summed E-state index contributed by atoms with van der Waals surface area (Å²) in [4.78, 5) is 11.9. The third-order valence-electron chi connectivity index (χ3n) is 0.957. The van der Waals surface area contributed by atoms with E-state index in [4.69, 9.17) is 34.8 Å². The van der Waals surface area contributed by atoms with Crippen molar-refractivity contribution in [2.45, 2.75) is 0 Å². The van der Waals surface area contributed by atoms with Crippen molar-refractivity contribution in [1.29, 1.82) is 0 Å². The Labute approximate surface area is 75.0 Å². The molecule has 0 aromatic rings. The molecule has 0 aliphatic heterocycles. The fraction of sp³-hybridized carbons (Fsp3) is 0.800. The van der Waals surface area contributed by atoms with Gasteiger partial charge in [-0.1, -0.05) is 0 Å². The molecule has 1 amide bonds. The van der Waals surface area contributed by atoms with Crippen molar-refractivity contribution in [3.63, 3.8) is 0 Å². The molecule has 0 radical (unpaired) electrons. The molecule has 0 aromatic heterocycles. The average molecular weight is 204 g/mol. The second kappa shape index (κ2) is 6.08. The number of nitrogens with zero attached hydrogens (tertiary/aromatic N) is 1. The maximum atomic E-state index is 10.5. The molecule has 0 aromatic carbocycles. The van der Waals surface area contributed by atoms with Crippen LogP contribution in [-0.4, -0.2) is 35.1 Å². The molecule has 0 bridgehead atoms. The minimum Gasteiger partial charge on any atom is -0.327 e. The van der Waals surface area contributed by atoms with Gasteiger partial charge in [-0.3, -0.25) is 4.79 Å². The van der Waals surface area contributed by atoms with Crippen molar-refractivity contribution in [2.24, 2.45) is 0 Å². The summed E-state index contributed by atoms with van der Waals surface area (Å²) in [6, 6.07) is 0. The Balaban J connectivity index is 3.61. The molecule has 0 rings (SSSR count). The van der Waals surface area contributed by atoms with Gasteiger partial charge >= 0.3 is 5.37 Å². The van der Waals surface area contributed by atoms with Crippen LogP contribution >= 0.6 is 34.8 Å². The van der Waals surface area contributed by atoms with Crippen molar-refractivity contribution in [2.75, 3.05) is 24.8 Å². The second-order valence-corrected chi connectivity index (χ2v) is 2.70. The van der Waals surface area contributed by atoms with Crippen LogP contribution in [0.2, 0.25) is 0 Å². The SMILES string of the molecule is O=C(Cl)N(CCCl)CCCl. The number of amides is 1. The maximum absolute atomic E-state index is 10.5. The number of halogens is 3. The fourth-order valence-electron chi connectivity index (χ4n) is 0.492. The second-order valence-electron chi connectivity index (χ2n) is 1.62. The minimum atomic E-state index is -0.499. The van der Waals surface area contributed by atoms with Gasteiger partial charge in [0.25, 0.3) is 0 Å². The zero-order valence-corrected chi connectivity index (χ0v) is 7.59. The maximum Gasteiger partial charge on any atom is 0.316 e. The first-order valence-corrected chi connectivity index (χ1v) is 4.23. The molecule has 5 heteroatoms. The summed E-state index contributed by atoms with van der Waals surface area (Å²) in [6.07, 6.45) is 0. The molecule has 0 aliphatic rings. The van der Waals surface area contributed by atoms with Gasteiger partial charge in [0.2, 0.25) is 0 Å². The van der Waals surface area contributed by atoms with Crippen LogP contribution in [0.15, 0.2) is 0 Å². The highest BCUT2D eigenvalue weighted by Gasteiger charge is 2.07. The summed E-state index contributed by atoms with van der Waals surface area (Å²) in [5.41, 5.74) is 0. The molecule has 0 heterocycles. The van der Waals surface area contributed by atoms with Gasteiger partial charge in [0.05, 0.1) is 0 Å². The molecule has 0 N–H and O–H groups in total. The first kappa shape index (κ1) is 10.3. The summed E-state index contributed by atoms with van der Waals surface area (Å²) < 4.78 is 0. The van der Waals surface area contributed by atoms with E-state index in [0.717, 1.165) is 0 Å². The van der Waals surface area contributed by atoms with E-state index < -0.39 is 5.37 Å². The highest BCUT2D eigenvalue weighted by atomic mass is 35.5. The van der Waals surface area contributed by atoms with Crippen LogP contribution in [0.4, 0.5) is 4.79 Å². The zero-order chi connectivity index (χ0) is 7.98. The van der Waals surface area contributed by atoms with E-state index in [1.165, 1.54) is 4.90 Å². The lowest BCUT2D eigenvalue weighted by molar-refractivity contribution is 0.227. The molecule has 0 fully saturated rings. The van der Waals surface area contributed by atoms with Crippen LogP contribution < -0.4 is 0 Å². The lowest BCUT2D eigenvalue weighted by Gasteiger charge is -2.15. The van der Waals surface area contributed by atoms with E-state index in [0.29, 0.717) is 24.8 Å². The number of carbonyl (C=O) groups is 1. The predicted molar refractivity (Wildman–Crippen MR) is 44.3 cm³/mol. The van der Waals surface area contributed by atoms with Crippen LogP contribution in [0.1, 0.15) is 0 Å². The third-order valence-corrected chi connectivity index (χ3v) is 1.53. The van der Waals surface area contributed by atoms with Gasteiger partial charge in [-0.25, -0.2) is 0 Å². The lowest BCUT2D eigenvalue weighted by Crippen LogP contribution is -2.30. The van der Waals surface area contributed by atoms with Gasteiger partial charge < -0.3 is 4.90 Å². The fourth-order valence-corrected chi connectivity index (χ4v) is 1.07. The molecular weight excluding hydrogens is 196 g/mol. The van der Waals surface area contributed by atoms with Gasteiger partial charge in [0.1, 0.15) is 0 Å². The third kappa shape index (κ3) is 4.20. The Kier molecular flexibility index (Phi) is 6.28. The summed E-state index contributed by atoms with van der Waals surface area (Å²) in [6.45, 7) is 0.910. The number of alkyl halides is 2. The number of hydrogen-bond donors (Lipinski definition) is 0. The smallest absolute Gasteiger partial charge is 0.316 e. The minimum absolute atomic E-state index is 0.384. The van der Waals surface area contributed by atoms with Crippen molar-refractivity contribution in [3.05, 3.63) is 0 Å². The van der Waals surface area contributed by atoms with Gasteiger partial charge in [0, 0.05) is 24.8 Å². The number of rotatable bonds is 4. The van der Waals surface area contributed by atoms with Gasteiger partial charge in [0.15, 0.2) is 0 Å².